The van der Waals surface area contributed by atoms with Gasteiger partial charge in [-0.15, -0.1) is 0 Å². The first-order chi connectivity index (χ1) is 10.2. The van der Waals surface area contributed by atoms with E-state index in [-0.39, 0.29) is 12.2 Å². The smallest absolute Gasteiger partial charge is 0.241 e. The standard InChI is InChI=1S/C17H31N3O/c1-4-6-15-18-16(12(3)5-2)17(21)20(15)14-11-19-9-7-13(14)8-10-19/h12-16,18H,4-11H2,1-3H3. The molecule has 4 aliphatic rings. The lowest BCUT2D eigenvalue weighted by atomic mass is 9.82. The zero-order valence-electron chi connectivity index (χ0n) is 13.8. The van der Waals surface area contributed by atoms with E-state index in [0.29, 0.717) is 17.9 Å². The van der Waals surface area contributed by atoms with Gasteiger partial charge in [-0.1, -0.05) is 33.6 Å². The molecule has 4 saturated heterocycles. The van der Waals surface area contributed by atoms with Crippen molar-refractivity contribution in [2.45, 2.75) is 71.1 Å². The zero-order chi connectivity index (χ0) is 15.0. The van der Waals surface area contributed by atoms with Gasteiger partial charge in [-0.05, 0) is 44.2 Å². The molecule has 21 heavy (non-hydrogen) atoms. The van der Waals surface area contributed by atoms with Crippen LogP contribution < -0.4 is 5.32 Å². The van der Waals surface area contributed by atoms with Crippen LogP contribution in [0.25, 0.3) is 0 Å². The third-order valence-corrected chi connectivity index (χ3v) is 5.98. The first kappa shape index (κ1) is 15.3. The van der Waals surface area contributed by atoms with Crippen molar-refractivity contribution in [1.29, 1.82) is 0 Å². The van der Waals surface area contributed by atoms with Gasteiger partial charge in [0.1, 0.15) is 0 Å². The number of hydrogen-bond acceptors (Lipinski definition) is 3. The second kappa shape index (κ2) is 6.25. The number of carbonyl (C=O) groups is 1. The van der Waals surface area contributed by atoms with Crippen LogP contribution in [0.4, 0.5) is 0 Å². The normalized spacial score (nSPS) is 40.8. The molecular formula is C17H31N3O. The molecular weight excluding hydrogens is 262 g/mol. The van der Waals surface area contributed by atoms with Crippen LogP contribution >= 0.6 is 0 Å². The molecule has 120 valence electrons. The first-order valence-corrected chi connectivity index (χ1v) is 8.96. The van der Waals surface area contributed by atoms with E-state index in [0.717, 1.165) is 31.7 Å². The van der Waals surface area contributed by atoms with Gasteiger partial charge in [0.05, 0.1) is 12.2 Å². The number of fused-ring (bicyclic) bond motifs is 3. The summed E-state index contributed by atoms with van der Waals surface area (Å²) in [4.78, 5) is 17.8. The molecule has 0 aromatic carbocycles. The van der Waals surface area contributed by atoms with Crippen LogP contribution in [0.3, 0.4) is 0 Å². The predicted molar refractivity (Wildman–Crippen MR) is 84.9 cm³/mol. The third kappa shape index (κ3) is 2.72. The topological polar surface area (TPSA) is 35.6 Å². The van der Waals surface area contributed by atoms with Gasteiger partial charge in [0.2, 0.25) is 5.91 Å². The number of rotatable bonds is 5. The molecule has 1 amide bonds. The Morgan fingerprint density at radius 1 is 1.29 bits per heavy atom. The Bertz CT molecular complexity index is 378. The van der Waals surface area contributed by atoms with Crippen molar-refractivity contribution in [1.82, 2.24) is 15.1 Å². The molecule has 0 saturated carbocycles. The molecule has 0 aromatic heterocycles. The van der Waals surface area contributed by atoms with Crippen LogP contribution in [0.15, 0.2) is 0 Å². The quantitative estimate of drug-likeness (QED) is 0.843. The Morgan fingerprint density at radius 2 is 2.00 bits per heavy atom. The first-order valence-electron chi connectivity index (χ1n) is 8.96. The van der Waals surface area contributed by atoms with Gasteiger partial charge >= 0.3 is 0 Å². The van der Waals surface area contributed by atoms with Crippen LogP contribution in [0, 0.1) is 11.8 Å². The highest BCUT2D eigenvalue weighted by Gasteiger charge is 2.48. The van der Waals surface area contributed by atoms with E-state index < -0.39 is 0 Å². The van der Waals surface area contributed by atoms with Crippen molar-refractivity contribution in [3.05, 3.63) is 0 Å². The highest BCUT2D eigenvalue weighted by Crippen LogP contribution is 2.35. The third-order valence-electron chi connectivity index (χ3n) is 5.98. The molecule has 4 atom stereocenters. The van der Waals surface area contributed by atoms with Crippen molar-refractivity contribution in [2.75, 3.05) is 19.6 Å². The minimum atomic E-state index is 0.0435. The van der Waals surface area contributed by atoms with Crippen LogP contribution in [0.5, 0.6) is 0 Å². The lowest BCUT2D eigenvalue weighted by molar-refractivity contribution is -0.137. The SMILES string of the molecule is CCCC1NC(C(C)CC)C(=O)N1C1CN2CCC1CC2. The van der Waals surface area contributed by atoms with Crippen molar-refractivity contribution >= 4 is 5.91 Å². The minimum absolute atomic E-state index is 0.0435. The second-order valence-electron chi connectivity index (χ2n) is 7.29. The number of carbonyl (C=O) groups excluding carboxylic acids is 1. The van der Waals surface area contributed by atoms with Gasteiger partial charge in [-0.2, -0.15) is 0 Å². The van der Waals surface area contributed by atoms with Gasteiger partial charge in [-0.25, -0.2) is 0 Å². The molecule has 4 unspecified atom stereocenters. The van der Waals surface area contributed by atoms with Gasteiger partial charge in [0, 0.05) is 12.6 Å². The summed E-state index contributed by atoms with van der Waals surface area (Å²) in [5.41, 5.74) is 0. The van der Waals surface area contributed by atoms with Gasteiger partial charge in [0.25, 0.3) is 0 Å². The minimum Gasteiger partial charge on any atom is -0.321 e. The molecule has 0 aromatic rings. The average Bonchev–Trinajstić information content (AvgIpc) is 2.84. The van der Waals surface area contributed by atoms with Crippen molar-refractivity contribution in [3.8, 4) is 0 Å². The summed E-state index contributed by atoms with van der Waals surface area (Å²) >= 11 is 0. The molecule has 0 aliphatic carbocycles. The summed E-state index contributed by atoms with van der Waals surface area (Å²) in [6, 6.07) is 0.500. The maximum absolute atomic E-state index is 13.0. The second-order valence-corrected chi connectivity index (χ2v) is 7.29. The maximum atomic E-state index is 13.0. The molecule has 4 heteroatoms. The summed E-state index contributed by atoms with van der Waals surface area (Å²) in [6.07, 6.45) is 6.11. The molecule has 2 bridgehead atoms. The predicted octanol–water partition coefficient (Wildman–Crippen LogP) is 2.05. The number of nitrogens with zero attached hydrogens (tertiary/aromatic N) is 2. The van der Waals surface area contributed by atoms with E-state index in [1.165, 1.54) is 25.9 Å². The monoisotopic (exact) mass is 293 g/mol. The van der Waals surface area contributed by atoms with E-state index in [2.05, 4.69) is 35.9 Å². The van der Waals surface area contributed by atoms with E-state index in [9.17, 15) is 4.79 Å². The number of amides is 1. The largest absolute Gasteiger partial charge is 0.321 e. The fourth-order valence-corrected chi connectivity index (χ4v) is 4.46. The molecule has 0 spiro atoms. The molecule has 4 fully saturated rings. The van der Waals surface area contributed by atoms with Crippen molar-refractivity contribution in [2.24, 2.45) is 11.8 Å². The lowest BCUT2D eigenvalue weighted by Gasteiger charge is -2.49. The van der Waals surface area contributed by atoms with E-state index >= 15 is 0 Å². The van der Waals surface area contributed by atoms with Gasteiger partial charge in [0.15, 0.2) is 0 Å². The fraction of sp³-hybridized carbons (Fsp3) is 0.941. The van der Waals surface area contributed by atoms with Gasteiger partial charge < -0.3 is 9.80 Å². The van der Waals surface area contributed by atoms with Crippen LogP contribution in [-0.2, 0) is 4.79 Å². The fourth-order valence-electron chi connectivity index (χ4n) is 4.46. The molecule has 4 nitrogen and oxygen atoms in total. The summed E-state index contributed by atoms with van der Waals surface area (Å²) in [7, 11) is 0. The maximum Gasteiger partial charge on any atom is 0.241 e. The van der Waals surface area contributed by atoms with Crippen LogP contribution in [0.2, 0.25) is 0 Å². The Balaban J connectivity index is 1.79. The summed E-state index contributed by atoms with van der Waals surface area (Å²) in [5, 5.41) is 3.66. The highest BCUT2D eigenvalue weighted by atomic mass is 16.2. The molecule has 4 rings (SSSR count). The van der Waals surface area contributed by atoms with Gasteiger partial charge in [-0.3, -0.25) is 10.1 Å². The van der Waals surface area contributed by atoms with Crippen LogP contribution in [0.1, 0.15) is 52.9 Å². The Kier molecular flexibility index (Phi) is 4.55. The molecule has 4 heterocycles. The number of nitrogens with one attached hydrogen (secondary N) is 1. The average molecular weight is 293 g/mol. The summed E-state index contributed by atoms with van der Waals surface area (Å²) in [5.74, 6) is 1.54. The number of piperidine rings is 3. The molecule has 1 N–H and O–H groups in total. The zero-order valence-corrected chi connectivity index (χ0v) is 13.8. The Labute approximate surface area is 129 Å². The summed E-state index contributed by atoms with van der Waals surface area (Å²) < 4.78 is 0. The number of hydrogen-bond donors (Lipinski definition) is 1. The molecule has 0 radical (unpaired) electrons. The highest BCUT2D eigenvalue weighted by molar-refractivity contribution is 5.85. The Morgan fingerprint density at radius 3 is 2.52 bits per heavy atom. The van der Waals surface area contributed by atoms with E-state index in [4.69, 9.17) is 0 Å². The molecule has 4 aliphatic heterocycles. The van der Waals surface area contributed by atoms with Crippen molar-refractivity contribution in [3.63, 3.8) is 0 Å². The lowest BCUT2D eigenvalue weighted by Crippen LogP contribution is -2.60. The van der Waals surface area contributed by atoms with Crippen molar-refractivity contribution < 1.29 is 4.79 Å². The van der Waals surface area contributed by atoms with E-state index in [1.807, 2.05) is 0 Å². The summed E-state index contributed by atoms with van der Waals surface area (Å²) in [6.45, 7) is 10.2. The van der Waals surface area contributed by atoms with Crippen LogP contribution in [-0.4, -0.2) is 53.6 Å². The van der Waals surface area contributed by atoms with E-state index in [1.54, 1.807) is 0 Å². The Hall–Kier alpha value is -0.610.